The highest BCUT2D eigenvalue weighted by Crippen LogP contribution is 2.43. The van der Waals surface area contributed by atoms with Gasteiger partial charge in [0.1, 0.15) is 0 Å². The van der Waals surface area contributed by atoms with Gasteiger partial charge in [-0.05, 0) is 157 Å². The first-order valence-corrected chi connectivity index (χ1v) is 23.0. The molecule has 0 spiro atoms. The summed E-state index contributed by atoms with van der Waals surface area (Å²) in [4.78, 5) is 4.77. The first kappa shape index (κ1) is 44.7. The Morgan fingerprint density at radius 1 is 0.530 bits per heavy atom. The highest BCUT2D eigenvalue weighted by molar-refractivity contribution is 5.88. The Morgan fingerprint density at radius 2 is 1.11 bits per heavy atom. The molecule has 0 unspecified atom stereocenters. The molecule has 0 radical (unpaired) electrons. The minimum absolute atomic E-state index is 1.03. The van der Waals surface area contributed by atoms with E-state index in [4.69, 9.17) is 0 Å². The van der Waals surface area contributed by atoms with E-state index >= 15 is 0 Å². The van der Waals surface area contributed by atoms with Gasteiger partial charge in [0.25, 0.3) is 0 Å². The fourth-order valence-electron chi connectivity index (χ4n) is 8.37. The molecule has 0 aromatic heterocycles. The van der Waals surface area contributed by atoms with Gasteiger partial charge in [-0.1, -0.05) is 194 Å². The quantitative estimate of drug-likeness (QED) is 0.0948. The van der Waals surface area contributed by atoms with E-state index in [0.717, 1.165) is 74.8 Å². The third-order valence-electron chi connectivity index (χ3n) is 11.9. The molecule has 66 heavy (non-hydrogen) atoms. The summed E-state index contributed by atoms with van der Waals surface area (Å²) in [6.45, 7) is 12.3. The van der Waals surface area contributed by atoms with E-state index in [0.29, 0.717) is 0 Å². The van der Waals surface area contributed by atoms with Gasteiger partial charge in [0, 0.05) is 34.1 Å². The van der Waals surface area contributed by atoms with Gasteiger partial charge in [0.15, 0.2) is 0 Å². The first-order chi connectivity index (χ1) is 32.4. The van der Waals surface area contributed by atoms with Crippen molar-refractivity contribution in [3.05, 3.63) is 277 Å². The molecule has 7 aromatic rings. The summed E-state index contributed by atoms with van der Waals surface area (Å²) in [5.74, 6) is 0. The molecule has 0 saturated carbocycles. The molecule has 2 heteroatoms. The SMILES string of the molecule is C=C/C=C\C(=C/C)c1ccc(-c2cc(N(C(/C=C\C)=C/C=C/c3ccccc3)c3ccc(C)cc3)cc(N(c3ccc(C4=CCCC=C4)cc3)c3ccc(-c4ccc(C)cc4)cc3)c2)cc1. The van der Waals surface area contributed by atoms with Crippen LogP contribution in [0.1, 0.15) is 54.5 Å². The van der Waals surface area contributed by atoms with Crippen molar-refractivity contribution in [2.24, 2.45) is 0 Å². The second kappa shape index (κ2) is 21.6. The fraction of sp³-hybridized carbons (Fsp3) is 0.0938. The van der Waals surface area contributed by atoms with E-state index < -0.39 is 0 Å². The summed E-state index contributed by atoms with van der Waals surface area (Å²) in [7, 11) is 0. The molecule has 324 valence electrons. The number of hydrogen-bond acceptors (Lipinski definition) is 2. The van der Waals surface area contributed by atoms with Crippen molar-refractivity contribution in [3.8, 4) is 22.3 Å². The Bertz CT molecular complexity index is 2950. The number of anilines is 5. The van der Waals surface area contributed by atoms with E-state index in [1.807, 2.05) is 12.2 Å². The molecule has 2 nitrogen and oxygen atoms in total. The van der Waals surface area contributed by atoms with Crippen LogP contribution in [0.4, 0.5) is 28.4 Å². The number of aryl methyl sites for hydroxylation is 2. The van der Waals surface area contributed by atoms with Gasteiger partial charge in [-0.25, -0.2) is 0 Å². The average Bonchev–Trinajstić information content (AvgIpc) is 3.36. The van der Waals surface area contributed by atoms with Gasteiger partial charge in [-0.2, -0.15) is 0 Å². The van der Waals surface area contributed by atoms with E-state index in [2.05, 4.69) is 275 Å². The Labute approximate surface area is 393 Å². The molecule has 0 aliphatic heterocycles. The lowest BCUT2D eigenvalue weighted by Crippen LogP contribution is -2.17. The normalized spacial score (nSPS) is 13.1. The van der Waals surface area contributed by atoms with Crippen LogP contribution in [0.15, 0.2) is 249 Å². The lowest BCUT2D eigenvalue weighted by atomic mass is 9.97. The summed E-state index contributed by atoms with van der Waals surface area (Å²) in [5.41, 5.74) is 19.3. The van der Waals surface area contributed by atoms with E-state index in [-0.39, 0.29) is 0 Å². The lowest BCUT2D eigenvalue weighted by molar-refractivity contribution is 1.04. The van der Waals surface area contributed by atoms with Gasteiger partial charge < -0.3 is 9.80 Å². The van der Waals surface area contributed by atoms with Gasteiger partial charge >= 0.3 is 0 Å². The highest BCUT2D eigenvalue weighted by atomic mass is 15.2. The van der Waals surface area contributed by atoms with Gasteiger partial charge in [-0.3, -0.25) is 0 Å². The molecule has 1 aliphatic rings. The maximum atomic E-state index is 3.89. The van der Waals surface area contributed by atoms with Crippen molar-refractivity contribution >= 4 is 45.7 Å². The summed E-state index contributed by atoms with van der Waals surface area (Å²) >= 11 is 0. The number of nitrogens with zero attached hydrogens (tertiary/aromatic N) is 2. The zero-order chi connectivity index (χ0) is 45.7. The van der Waals surface area contributed by atoms with Crippen molar-refractivity contribution in [2.45, 2.75) is 40.5 Å². The molecule has 1 aliphatic carbocycles. The Balaban J connectivity index is 1.34. The molecule has 0 heterocycles. The van der Waals surface area contributed by atoms with Crippen molar-refractivity contribution in [1.82, 2.24) is 0 Å². The zero-order valence-electron chi connectivity index (χ0n) is 38.6. The van der Waals surface area contributed by atoms with Crippen molar-refractivity contribution < 1.29 is 0 Å². The predicted octanol–water partition coefficient (Wildman–Crippen LogP) is 18.3. The molecule has 8 rings (SSSR count). The zero-order valence-corrected chi connectivity index (χ0v) is 38.6. The van der Waals surface area contributed by atoms with Crippen molar-refractivity contribution in [1.29, 1.82) is 0 Å². The van der Waals surface area contributed by atoms with Crippen molar-refractivity contribution in [3.63, 3.8) is 0 Å². The molecule has 0 atom stereocenters. The number of benzene rings is 7. The molecule has 0 bridgehead atoms. The molecule has 0 fully saturated rings. The smallest absolute Gasteiger partial charge is 0.0488 e. The van der Waals surface area contributed by atoms with Gasteiger partial charge in [0.2, 0.25) is 0 Å². The minimum Gasteiger partial charge on any atom is -0.310 e. The van der Waals surface area contributed by atoms with Crippen LogP contribution < -0.4 is 9.80 Å². The second-order valence-electron chi connectivity index (χ2n) is 16.6. The summed E-state index contributed by atoms with van der Waals surface area (Å²) < 4.78 is 0. The Kier molecular flexibility index (Phi) is 14.6. The lowest BCUT2D eigenvalue weighted by Gasteiger charge is -2.31. The fourth-order valence-corrected chi connectivity index (χ4v) is 8.37. The molecular formula is C64H58N2. The monoisotopic (exact) mass is 854 g/mol. The van der Waals surface area contributed by atoms with Crippen LogP contribution in [0.25, 0.3) is 39.5 Å². The minimum atomic E-state index is 1.03. The van der Waals surface area contributed by atoms with Crippen LogP contribution in [0.3, 0.4) is 0 Å². The van der Waals surface area contributed by atoms with Crippen molar-refractivity contribution in [2.75, 3.05) is 9.80 Å². The van der Waals surface area contributed by atoms with Gasteiger partial charge in [-0.15, -0.1) is 0 Å². The maximum absolute atomic E-state index is 3.89. The van der Waals surface area contributed by atoms with E-state index in [1.165, 1.54) is 33.4 Å². The van der Waals surface area contributed by atoms with Gasteiger partial charge in [0.05, 0.1) is 0 Å². The van der Waals surface area contributed by atoms with E-state index in [9.17, 15) is 0 Å². The predicted molar refractivity (Wildman–Crippen MR) is 288 cm³/mol. The third kappa shape index (κ3) is 10.9. The summed E-state index contributed by atoms with van der Waals surface area (Å²) in [6.07, 6.45) is 27.9. The topological polar surface area (TPSA) is 6.48 Å². The molecule has 7 aromatic carbocycles. The van der Waals surface area contributed by atoms with E-state index in [1.54, 1.807) is 0 Å². The largest absolute Gasteiger partial charge is 0.310 e. The molecule has 0 saturated heterocycles. The molecule has 0 N–H and O–H groups in total. The Hall–Kier alpha value is -7.94. The van der Waals surface area contributed by atoms with Crippen LogP contribution >= 0.6 is 0 Å². The third-order valence-corrected chi connectivity index (χ3v) is 11.9. The van der Waals surface area contributed by atoms with Crippen LogP contribution in [0.5, 0.6) is 0 Å². The van der Waals surface area contributed by atoms with Crippen LogP contribution in [-0.2, 0) is 0 Å². The second-order valence-corrected chi connectivity index (χ2v) is 16.6. The number of rotatable bonds is 15. The maximum Gasteiger partial charge on any atom is 0.0488 e. The number of allylic oxidation sites excluding steroid dienone is 13. The highest BCUT2D eigenvalue weighted by Gasteiger charge is 2.20. The standard InChI is InChI=1S/C64H58N2/c1-6-9-21-51(8-3)53-31-33-57(34-32-53)58-45-63(65(60-39-27-49(5)28-40-60)59(17-7-2)24-16-20-50-18-12-10-13-19-50)47-64(46-58)66(61-41-35-55(36-42-61)52-22-14-11-15-23-52)62-43-37-56(38-44-62)54-29-25-48(4)26-30-54/h6-10,12-14,16-47H,1,11,15H2,2-5H3/b17-7-,20-16+,21-9-,51-8+,59-24+. The first-order valence-electron chi connectivity index (χ1n) is 23.0. The van der Waals surface area contributed by atoms with Crippen LogP contribution in [-0.4, -0.2) is 0 Å². The summed E-state index contributed by atoms with van der Waals surface area (Å²) in [5, 5.41) is 0. The molecular weight excluding hydrogens is 797 g/mol. The Morgan fingerprint density at radius 3 is 1.71 bits per heavy atom. The van der Waals surface area contributed by atoms with Crippen LogP contribution in [0.2, 0.25) is 0 Å². The molecule has 0 amide bonds. The summed E-state index contributed by atoms with van der Waals surface area (Å²) in [6, 6.07) is 62.0. The van der Waals surface area contributed by atoms with Crippen LogP contribution in [0, 0.1) is 13.8 Å². The average molecular weight is 855 g/mol. The number of hydrogen-bond donors (Lipinski definition) is 0.